The Morgan fingerprint density at radius 2 is 1.35 bits per heavy atom. The molecule has 0 aliphatic heterocycles. The summed E-state index contributed by atoms with van der Waals surface area (Å²) >= 11 is 0. The van der Waals surface area contributed by atoms with Gasteiger partial charge >= 0.3 is 7.82 Å². The van der Waals surface area contributed by atoms with Crippen molar-refractivity contribution in [2.75, 3.05) is 13.2 Å². The molecule has 0 aromatic rings. The van der Waals surface area contributed by atoms with Crippen LogP contribution >= 0.6 is 7.82 Å². The van der Waals surface area contributed by atoms with Crippen LogP contribution in [-0.2, 0) is 18.7 Å². The van der Waals surface area contributed by atoms with Crippen molar-refractivity contribution in [3.63, 3.8) is 0 Å². The number of rotatable bonds is 15. The van der Waals surface area contributed by atoms with Crippen LogP contribution in [0.4, 0.5) is 0 Å². The smallest absolute Gasteiger partial charge is 0.301 e. The van der Waals surface area contributed by atoms with Crippen molar-refractivity contribution in [2.24, 2.45) is 0 Å². The maximum absolute atomic E-state index is 11.2. The molecule has 0 saturated carbocycles. The van der Waals surface area contributed by atoms with E-state index in [-0.39, 0.29) is 13.2 Å². The van der Waals surface area contributed by atoms with Gasteiger partial charge in [-0.2, -0.15) is 0 Å². The summed E-state index contributed by atoms with van der Waals surface area (Å²) in [4.78, 5) is 13.6. The summed E-state index contributed by atoms with van der Waals surface area (Å²) in [6.45, 7) is 4.35. The fourth-order valence-electron chi connectivity index (χ4n) is 1.91. The third kappa shape index (κ3) is 14.5. The number of hydrogen-bond acceptors (Lipinski definition) is 4. The molecule has 0 aromatic carbocycles. The van der Waals surface area contributed by atoms with Gasteiger partial charge in [0.2, 0.25) is 0 Å². The second-order valence-corrected chi connectivity index (χ2v) is 6.31. The fourth-order valence-corrected chi connectivity index (χ4v) is 2.55. The Morgan fingerprint density at radius 1 is 0.850 bits per heavy atom. The van der Waals surface area contributed by atoms with Gasteiger partial charge in [0.1, 0.15) is 0 Å². The molecule has 0 bridgehead atoms. The van der Waals surface area contributed by atoms with Crippen molar-refractivity contribution in [2.45, 2.75) is 78.1 Å². The molecule has 20 heavy (non-hydrogen) atoms. The van der Waals surface area contributed by atoms with Gasteiger partial charge in [0, 0.05) is 0 Å². The molecule has 0 radical (unpaired) electrons. The van der Waals surface area contributed by atoms with Crippen LogP contribution in [0.1, 0.15) is 78.1 Å². The van der Waals surface area contributed by atoms with Crippen LogP contribution in [0.3, 0.4) is 0 Å². The fraction of sp³-hybridized carbons (Fsp3) is 1.00. The van der Waals surface area contributed by atoms with E-state index in [0.717, 1.165) is 19.3 Å². The van der Waals surface area contributed by atoms with E-state index in [2.05, 4.69) is 16.5 Å². The molecule has 0 heterocycles. The minimum absolute atomic E-state index is 0.214. The Morgan fingerprint density at radius 3 is 1.85 bits per heavy atom. The molecule has 0 fully saturated rings. The van der Waals surface area contributed by atoms with Gasteiger partial charge in [-0.1, -0.05) is 64.7 Å². The van der Waals surface area contributed by atoms with Crippen LogP contribution in [0, 0.1) is 0 Å². The van der Waals surface area contributed by atoms with Gasteiger partial charge in [-0.3, -0.25) is 4.52 Å². The molecule has 0 saturated heterocycles. The van der Waals surface area contributed by atoms with Crippen LogP contribution in [0.2, 0.25) is 0 Å². The highest BCUT2D eigenvalue weighted by Crippen LogP contribution is 2.43. The van der Waals surface area contributed by atoms with E-state index in [1.54, 1.807) is 6.92 Å². The van der Waals surface area contributed by atoms with E-state index in [9.17, 15) is 9.46 Å². The first-order valence-electron chi connectivity index (χ1n) is 7.91. The zero-order valence-corrected chi connectivity index (χ0v) is 13.9. The van der Waals surface area contributed by atoms with Crippen molar-refractivity contribution in [1.29, 1.82) is 0 Å². The summed E-state index contributed by atoms with van der Waals surface area (Å²) < 4.78 is 20.2. The number of hydrogen-bond donors (Lipinski definition) is 1. The molecular weight excluding hydrogens is 279 g/mol. The highest BCUT2D eigenvalue weighted by atomic mass is 31.2. The van der Waals surface area contributed by atoms with E-state index in [0.29, 0.717) is 0 Å². The summed E-state index contributed by atoms with van der Waals surface area (Å²) in [5.74, 6) is 0. The van der Waals surface area contributed by atoms with Gasteiger partial charge in [-0.15, -0.1) is 4.67 Å². The summed E-state index contributed by atoms with van der Waals surface area (Å²) in [5.41, 5.74) is 0. The first-order chi connectivity index (χ1) is 9.62. The molecule has 1 unspecified atom stereocenters. The minimum Gasteiger partial charge on any atom is -0.301 e. The van der Waals surface area contributed by atoms with E-state index in [4.69, 9.17) is 4.52 Å². The second-order valence-electron chi connectivity index (χ2n) is 4.96. The van der Waals surface area contributed by atoms with Crippen LogP contribution in [-0.4, -0.2) is 18.1 Å². The van der Waals surface area contributed by atoms with Crippen molar-refractivity contribution in [3.8, 4) is 0 Å². The Bertz CT molecular complexity index is 248. The Hall–Kier alpha value is 0.0700. The highest BCUT2D eigenvalue weighted by molar-refractivity contribution is 7.47. The largest absolute Gasteiger partial charge is 0.499 e. The molecule has 1 atom stereocenters. The Kier molecular flexibility index (Phi) is 14.1. The normalized spacial score (nSPS) is 14.3. The second kappa shape index (κ2) is 14.0. The summed E-state index contributed by atoms with van der Waals surface area (Å²) in [6.07, 6.45) is 12.1. The lowest BCUT2D eigenvalue weighted by Gasteiger charge is -2.10. The van der Waals surface area contributed by atoms with Gasteiger partial charge in [0.05, 0.1) is 13.2 Å². The molecule has 0 aliphatic rings. The van der Waals surface area contributed by atoms with Crippen LogP contribution in [0.15, 0.2) is 0 Å². The quantitative estimate of drug-likeness (QED) is 0.200. The molecule has 0 aliphatic carbocycles. The first-order valence-corrected chi connectivity index (χ1v) is 9.40. The van der Waals surface area contributed by atoms with Gasteiger partial charge < -0.3 is 4.89 Å². The lowest BCUT2D eigenvalue weighted by atomic mass is 10.1. The molecule has 122 valence electrons. The number of phosphoric acid groups is 1. The van der Waals surface area contributed by atoms with Gasteiger partial charge in [-0.05, 0) is 13.3 Å². The number of phosphoric ester groups is 1. The molecule has 0 amide bonds. The van der Waals surface area contributed by atoms with E-state index in [1.165, 1.54) is 44.9 Å². The van der Waals surface area contributed by atoms with Crippen molar-refractivity contribution < 1.29 is 23.5 Å². The molecule has 0 aromatic heterocycles. The monoisotopic (exact) mass is 310 g/mol. The van der Waals surface area contributed by atoms with Crippen LogP contribution in [0.25, 0.3) is 0 Å². The predicted molar refractivity (Wildman–Crippen MR) is 80.3 cm³/mol. The zero-order valence-electron chi connectivity index (χ0n) is 13.0. The van der Waals surface area contributed by atoms with Crippen LogP contribution < -0.4 is 0 Å². The molecule has 5 nitrogen and oxygen atoms in total. The number of unbranched alkanes of at least 4 members (excludes halogenated alkanes) is 9. The summed E-state index contributed by atoms with van der Waals surface area (Å²) in [7, 11) is -4.01. The highest BCUT2D eigenvalue weighted by Gasteiger charge is 2.21. The molecular formula is C14H31O5P. The van der Waals surface area contributed by atoms with Crippen molar-refractivity contribution >= 4 is 7.82 Å². The van der Waals surface area contributed by atoms with Crippen LogP contribution in [0.5, 0.6) is 0 Å². The standard InChI is InChI=1S/C14H31O5P/c1-3-5-6-7-8-9-10-11-12-13-14-18-20(15,16)19-17-4-2/h3-14H2,1-2H3,(H,15,16). The first kappa shape index (κ1) is 20.1. The maximum atomic E-state index is 11.2. The molecule has 1 N–H and O–H groups in total. The third-order valence-corrected chi connectivity index (χ3v) is 3.82. The van der Waals surface area contributed by atoms with Gasteiger partial charge in [0.25, 0.3) is 0 Å². The van der Waals surface area contributed by atoms with Crippen molar-refractivity contribution in [3.05, 3.63) is 0 Å². The molecule has 0 spiro atoms. The zero-order chi connectivity index (χ0) is 15.1. The SMILES string of the molecule is CCCCCCCCCCCCOP(=O)(O)OOCC. The average molecular weight is 310 g/mol. The topological polar surface area (TPSA) is 65.0 Å². The summed E-state index contributed by atoms with van der Waals surface area (Å²) in [5, 5.41) is 0. The third-order valence-electron chi connectivity index (χ3n) is 3.02. The minimum atomic E-state index is -4.01. The van der Waals surface area contributed by atoms with E-state index in [1.807, 2.05) is 0 Å². The lowest BCUT2D eigenvalue weighted by molar-refractivity contribution is -0.220. The summed E-state index contributed by atoms with van der Waals surface area (Å²) in [6, 6.07) is 0. The molecule has 6 heteroatoms. The van der Waals surface area contributed by atoms with E-state index >= 15 is 0 Å². The predicted octanol–water partition coefficient (Wildman–Crippen LogP) is 4.99. The lowest BCUT2D eigenvalue weighted by Crippen LogP contribution is -1.98. The van der Waals surface area contributed by atoms with E-state index < -0.39 is 7.82 Å². The van der Waals surface area contributed by atoms with Gasteiger partial charge in [0.15, 0.2) is 0 Å². The average Bonchev–Trinajstić information content (AvgIpc) is 2.42. The van der Waals surface area contributed by atoms with Crippen molar-refractivity contribution in [1.82, 2.24) is 0 Å². The van der Waals surface area contributed by atoms with Gasteiger partial charge in [-0.25, -0.2) is 9.45 Å². The Balaban J connectivity index is 3.22. The molecule has 0 rings (SSSR count). The Labute approximate surface area is 123 Å². The maximum Gasteiger partial charge on any atom is 0.499 e.